The van der Waals surface area contributed by atoms with Crippen LogP contribution in [0.15, 0.2) is 23.1 Å². The number of hydrogen-bond donors (Lipinski definition) is 2. The van der Waals surface area contributed by atoms with Gasteiger partial charge in [-0.3, -0.25) is 0 Å². The first-order valence-corrected chi connectivity index (χ1v) is 6.64. The average molecular weight is 263 g/mol. The van der Waals surface area contributed by atoms with E-state index in [1.165, 1.54) is 18.2 Å². The van der Waals surface area contributed by atoms with Crippen molar-refractivity contribution in [2.45, 2.75) is 24.3 Å². The third kappa shape index (κ3) is 3.24. The zero-order valence-corrected chi connectivity index (χ0v) is 10.7. The molecule has 1 aromatic rings. The summed E-state index contributed by atoms with van der Waals surface area (Å²) in [5.74, 6) is 2.37. The lowest BCUT2D eigenvalue weighted by molar-refractivity contribution is 0.564. The van der Waals surface area contributed by atoms with Gasteiger partial charge in [0.2, 0.25) is 10.0 Å². The summed E-state index contributed by atoms with van der Waals surface area (Å²) in [5, 5.41) is 8.68. The molecule has 0 saturated heterocycles. The van der Waals surface area contributed by atoms with Gasteiger partial charge in [0.25, 0.3) is 0 Å². The topological polar surface area (TPSA) is 96.0 Å². The van der Waals surface area contributed by atoms with Gasteiger partial charge in [0.1, 0.15) is 4.90 Å². The summed E-state index contributed by atoms with van der Waals surface area (Å²) in [6.07, 6.45) is 5.40. The van der Waals surface area contributed by atoms with Crippen molar-refractivity contribution < 1.29 is 8.42 Å². The van der Waals surface area contributed by atoms with E-state index in [1.807, 2.05) is 6.07 Å². The molecule has 0 bridgehead atoms. The number of hydrogen-bond acceptors (Lipinski definition) is 4. The molecule has 0 aliphatic heterocycles. The number of nitrogens with two attached hydrogens (primary N) is 1. The number of nitrogens with one attached hydrogen (secondary N) is 1. The fraction of sp³-hybridized carbons (Fsp3) is 0.250. The summed E-state index contributed by atoms with van der Waals surface area (Å²) >= 11 is 0. The second-order valence-electron chi connectivity index (χ2n) is 3.79. The van der Waals surface area contributed by atoms with Crippen LogP contribution in [0.2, 0.25) is 0 Å². The van der Waals surface area contributed by atoms with Gasteiger partial charge in [-0.05, 0) is 25.1 Å². The predicted molar refractivity (Wildman–Crippen MR) is 68.8 cm³/mol. The molecular weight excluding hydrogens is 250 g/mol. The Labute approximate surface area is 107 Å². The molecule has 94 valence electrons. The normalized spacial score (nSPS) is 12.4. The van der Waals surface area contributed by atoms with Crippen LogP contribution in [0.5, 0.6) is 0 Å². The first kappa shape index (κ1) is 14.0. The summed E-state index contributed by atoms with van der Waals surface area (Å²) < 4.78 is 26.4. The largest absolute Gasteiger partial charge is 0.398 e. The number of terminal acetylenes is 1. The molecule has 0 heterocycles. The molecular formula is C12H13N3O2S. The molecule has 18 heavy (non-hydrogen) atoms. The van der Waals surface area contributed by atoms with E-state index in [4.69, 9.17) is 17.4 Å². The van der Waals surface area contributed by atoms with Crippen molar-refractivity contribution >= 4 is 15.7 Å². The Morgan fingerprint density at radius 3 is 2.72 bits per heavy atom. The molecule has 0 radical (unpaired) electrons. The monoisotopic (exact) mass is 263 g/mol. The lowest BCUT2D eigenvalue weighted by Gasteiger charge is -2.13. The molecule has 0 aliphatic carbocycles. The van der Waals surface area contributed by atoms with E-state index in [0.717, 1.165) is 0 Å². The summed E-state index contributed by atoms with van der Waals surface area (Å²) in [6, 6.07) is 5.53. The molecule has 0 saturated carbocycles. The Bertz CT molecular complexity index is 624. The van der Waals surface area contributed by atoms with Crippen molar-refractivity contribution in [2.24, 2.45) is 0 Å². The van der Waals surface area contributed by atoms with Gasteiger partial charge in [-0.15, -0.1) is 12.3 Å². The van der Waals surface area contributed by atoms with Crippen molar-refractivity contribution in [1.82, 2.24) is 4.72 Å². The fourth-order valence-corrected chi connectivity index (χ4v) is 2.77. The SMILES string of the molecule is C#CCC(C)NS(=O)(=O)c1ccc(C#N)cc1N. The Hall–Kier alpha value is -2.02. The predicted octanol–water partition coefficient (Wildman–Crippen LogP) is 0.831. The third-order valence-corrected chi connectivity index (χ3v) is 3.87. The number of benzene rings is 1. The summed E-state index contributed by atoms with van der Waals surface area (Å²) in [5.41, 5.74) is 5.97. The van der Waals surface area contributed by atoms with E-state index >= 15 is 0 Å². The highest BCUT2D eigenvalue weighted by molar-refractivity contribution is 7.89. The number of anilines is 1. The second-order valence-corrected chi connectivity index (χ2v) is 5.48. The van der Waals surface area contributed by atoms with Crippen LogP contribution in [0, 0.1) is 23.7 Å². The number of nitrogens with zero attached hydrogens (tertiary/aromatic N) is 1. The van der Waals surface area contributed by atoms with E-state index < -0.39 is 10.0 Å². The molecule has 1 unspecified atom stereocenters. The molecule has 1 atom stereocenters. The molecule has 0 aliphatic rings. The maximum atomic E-state index is 12.0. The molecule has 1 aromatic carbocycles. The van der Waals surface area contributed by atoms with Gasteiger partial charge in [-0.1, -0.05) is 0 Å². The van der Waals surface area contributed by atoms with Crippen molar-refractivity contribution in [3.63, 3.8) is 0 Å². The van der Waals surface area contributed by atoms with Gasteiger partial charge >= 0.3 is 0 Å². The van der Waals surface area contributed by atoms with Gasteiger partial charge in [0.05, 0.1) is 17.3 Å². The van der Waals surface area contributed by atoms with E-state index in [9.17, 15) is 8.42 Å². The number of nitriles is 1. The number of nitrogen functional groups attached to an aromatic ring is 1. The second kappa shape index (κ2) is 5.54. The number of sulfonamides is 1. The Balaban J connectivity index is 3.07. The standard InChI is InChI=1S/C12H13N3O2S/c1-3-4-9(2)15-18(16,17)12-6-5-10(8-13)7-11(12)14/h1,5-7,9,15H,4,14H2,2H3. The molecule has 1 rings (SSSR count). The average Bonchev–Trinajstić information content (AvgIpc) is 2.27. The van der Waals surface area contributed by atoms with Gasteiger partial charge in [0, 0.05) is 12.5 Å². The summed E-state index contributed by atoms with van der Waals surface area (Å²) in [4.78, 5) is -0.0506. The first-order valence-electron chi connectivity index (χ1n) is 5.16. The van der Waals surface area contributed by atoms with E-state index in [0.29, 0.717) is 5.56 Å². The maximum absolute atomic E-state index is 12.0. The van der Waals surface area contributed by atoms with Crippen LogP contribution in [0.3, 0.4) is 0 Å². The van der Waals surface area contributed by atoms with Crippen LogP contribution in [-0.2, 0) is 10.0 Å². The lowest BCUT2D eigenvalue weighted by Crippen LogP contribution is -2.32. The van der Waals surface area contributed by atoms with Gasteiger partial charge < -0.3 is 5.73 Å². The van der Waals surface area contributed by atoms with Crippen molar-refractivity contribution in [3.8, 4) is 18.4 Å². The quantitative estimate of drug-likeness (QED) is 0.621. The zero-order valence-electron chi connectivity index (χ0n) is 9.84. The fourth-order valence-electron chi connectivity index (χ4n) is 1.41. The smallest absolute Gasteiger partial charge is 0.242 e. The molecule has 0 fully saturated rings. The number of rotatable bonds is 4. The van der Waals surface area contributed by atoms with Crippen LogP contribution in [0.1, 0.15) is 18.9 Å². The molecule has 0 aromatic heterocycles. The molecule has 0 spiro atoms. The van der Waals surface area contributed by atoms with Crippen LogP contribution in [0.4, 0.5) is 5.69 Å². The third-order valence-electron chi connectivity index (χ3n) is 2.21. The van der Waals surface area contributed by atoms with Crippen LogP contribution < -0.4 is 10.5 Å². The highest BCUT2D eigenvalue weighted by atomic mass is 32.2. The first-order chi connectivity index (χ1) is 8.40. The molecule has 6 heteroatoms. The summed E-state index contributed by atoms with van der Waals surface area (Å²) in [7, 11) is -3.72. The highest BCUT2D eigenvalue weighted by Crippen LogP contribution is 2.19. The highest BCUT2D eigenvalue weighted by Gasteiger charge is 2.19. The zero-order chi connectivity index (χ0) is 13.8. The Morgan fingerprint density at radius 2 is 2.22 bits per heavy atom. The van der Waals surface area contributed by atoms with Crippen molar-refractivity contribution in [2.75, 3.05) is 5.73 Å². The maximum Gasteiger partial charge on any atom is 0.242 e. The minimum atomic E-state index is -3.72. The van der Waals surface area contributed by atoms with Gasteiger partial charge in [-0.2, -0.15) is 5.26 Å². The lowest BCUT2D eigenvalue weighted by atomic mass is 10.2. The molecule has 5 nitrogen and oxygen atoms in total. The van der Waals surface area contributed by atoms with E-state index in [2.05, 4.69) is 10.6 Å². The van der Waals surface area contributed by atoms with Crippen LogP contribution in [-0.4, -0.2) is 14.5 Å². The minimum absolute atomic E-state index is 0.0365. The van der Waals surface area contributed by atoms with E-state index in [-0.39, 0.29) is 23.0 Å². The minimum Gasteiger partial charge on any atom is -0.398 e. The van der Waals surface area contributed by atoms with Gasteiger partial charge in [-0.25, -0.2) is 13.1 Å². The summed E-state index contributed by atoms with van der Waals surface area (Å²) in [6.45, 7) is 1.66. The molecule has 0 amide bonds. The van der Waals surface area contributed by atoms with Crippen molar-refractivity contribution in [1.29, 1.82) is 5.26 Å². The van der Waals surface area contributed by atoms with Crippen LogP contribution in [0.25, 0.3) is 0 Å². The molecule has 3 N–H and O–H groups in total. The van der Waals surface area contributed by atoms with E-state index in [1.54, 1.807) is 6.92 Å². The van der Waals surface area contributed by atoms with Crippen LogP contribution >= 0.6 is 0 Å². The van der Waals surface area contributed by atoms with Crippen molar-refractivity contribution in [3.05, 3.63) is 23.8 Å². The Morgan fingerprint density at radius 1 is 1.56 bits per heavy atom. The Kier molecular flexibility index (Phi) is 4.33. The van der Waals surface area contributed by atoms with Gasteiger partial charge in [0.15, 0.2) is 0 Å².